The molecule has 9 nitrogen and oxygen atoms in total. The van der Waals surface area contributed by atoms with Gasteiger partial charge in [0.25, 0.3) is 5.56 Å². The van der Waals surface area contributed by atoms with Gasteiger partial charge in [-0.3, -0.25) is 9.48 Å². The van der Waals surface area contributed by atoms with Crippen LogP contribution in [0.4, 0.5) is 0 Å². The summed E-state index contributed by atoms with van der Waals surface area (Å²) in [5, 5.41) is 20.9. The summed E-state index contributed by atoms with van der Waals surface area (Å²) in [5.74, 6) is -0.981. The van der Waals surface area contributed by atoms with E-state index < -0.39 is 11.5 Å². The predicted molar refractivity (Wildman–Crippen MR) is 70.0 cm³/mol. The van der Waals surface area contributed by atoms with E-state index in [1.165, 1.54) is 6.92 Å². The smallest absolute Gasteiger partial charge is 0.357 e. The van der Waals surface area contributed by atoms with Crippen LogP contribution in [0.3, 0.4) is 0 Å². The van der Waals surface area contributed by atoms with E-state index >= 15 is 0 Å². The molecule has 0 aromatic carbocycles. The van der Waals surface area contributed by atoms with Crippen molar-refractivity contribution in [1.29, 1.82) is 0 Å². The molecule has 0 aliphatic carbocycles. The standard InChI is InChI=1S/C12H11N5O4/c1-7-8-9(15-21-7)11(18)17(14-10(8)12(19)20)6-5-16-4-2-3-13-16/h2-4H,5-6H2,1H3,(H,19,20). The number of aromatic carboxylic acids is 1. The fourth-order valence-corrected chi connectivity index (χ4v) is 2.07. The van der Waals surface area contributed by atoms with Crippen LogP contribution in [0.25, 0.3) is 10.9 Å². The largest absolute Gasteiger partial charge is 0.476 e. The van der Waals surface area contributed by atoms with Crippen molar-refractivity contribution in [1.82, 2.24) is 24.7 Å². The van der Waals surface area contributed by atoms with Crippen molar-refractivity contribution in [2.24, 2.45) is 0 Å². The van der Waals surface area contributed by atoms with Gasteiger partial charge in [-0.05, 0) is 13.0 Å². The molecule has 0 amide bonds. The molecular weight excluding hydrogens is 278 g/mol. The van der Waals surface area contributed by atoms with Crippen molar-refractivity contribution < 1.29 is 14.4 Å². The molecule has 0 saturated carbocycles. The molecule has 9 heteroatoms. The predicted octanol–water partition coefficient (Wildman–Crippen LogP) is 0.288. The first-order valence-electron chi connectivity index (χ1n) is 6.15. The normalized spacial score (nSPS) is 11.1. The molecule has 3 heterocycles. The Morgan fingerprint density at radius 3 is 2.90 bits per heavy atom. The minimum Gasteiger partial charge on any atom is -0.476 e. The van der Waals surface area contributed by atoms with Gasteiger partial charge in [0.15, 0.2) is 11.2 Å². The summed E-state index contributed by atoms with van der Waals surface area (Å²) < 4.78 is 7.59. The van der Waals surface area contributed by atoms with Gasteiger partial charge in [0.05, 0.1) is 18.5 Å². The summed E-state index contributed by atoms with van der Waals surface area (Å²) in [6.45, 7) is 2.11. The van der Waals surface area contributed by atoms with Crippen molar-refractivity contribution in [2.75, 3.05) is 0 Å². The zero-order chi connectivity index (χ0) is 15.0. The number of rotatable bonds is 4. The topological polar surface area (TPSA) is 116 Å². The molecule has 0 saturated heterocycles. The van der Waals surface area contributed by atoms with Gasteiger partial charge in [0.1, 0.15) is 5.76 Å². The number of carboxylic acids is 1. The second kappa shape index (κ2) is 4.85. The molecule has 3 rings (SSSR count). The van der Waals surface area contributed by atoms with Crippen LogP contribution in [0.5, 0.6) is 0 Å². The lowest BCUT2D eigenvalue weighted by atomic mass is 10.2. The minimum atomic E-state index is -1.24. The lowest BCUT2D eigenvalue weighted by Gasteiger charge is -2.06. The lowest BCUT2D eigenvalue weighted by Crippen LogP contribution is -2.27. The molecule has 0 unspecified atom stereocenters. The number of fused-ring (bicyclic) bond motifs is 1. The highest BCUT2D eigenvalue weighted by molar-refractivity contribution is 6.00. The highest BCUT2D eigenvalue weighted by Crippen LogP contribution is 2.17. The zero-order valence-electron chi connectivity index (χ0n) is 11.1. The zero-order valence-corrected chi connectivity index (χ0v) is 11.1. The third kappa shape index (κ3) is 2.18. The molecule has 0 fully saturated rings. The Labute approximate surface area is 117 Å². The molecule has 0 bridgehead atoms. The van der Waals surface area contributed by atoms with Crippen molar-refractivity contribution in [3.8, 4) is 0 Å². The van der Waals surface area contributed by atoms with Gasteiger partial charge >= 0.3 is 5.97 Å². The molecule has 0 atom stereocenters. The van der Waals surface area contributed by atoms with E-state index in [1.807, 2.05) is 0 Å². The molecule has 0 radical (unpaired) electrons. The molecule has 3 aromatic heterocycles. The van der Waals surface area contributed by atoms with E-state index in [9.17, 15) is 14.7 Å². The highest BCUT2D eigenvalue weighted by Gasteiger charge is 2.21. The van der Waals surface area contributed by atoms with Crippen molar-refractivity contribution in [3.05, 3.63) is 40.3 Å². The van der Waals surface area contributed by atoms with Gasteiger partial charge in [-0.1, -0.05) is 5.16 Å². The summed E-state index contributed by atoms with van der Waals surface area (Å²) in [6.07, 6.45) is 3.35. The van der Waals surface area contributed by atoms with Gasteiger partial charge in [-0.2, -0.15) is 10.2 Å². The SMILES string of the molecule is Cc1onc2c(=O)n(CCn3cccn3)nc(C(=O)O)c12. The third-order valence-electron chi connectivity index (χ3n) is 3.06. The van der Waals surface area contributed by atoms with Crippen LogP contribution < -0.4 is 5.56 Å². The van der Waals surface area contributed by atoms with E-state index in [2.05, 4.69) is 15.4 Å². The second-order valence-electron chi connectivity index (χ2n) is 4.41. The fourth-order valence-electron chi connectivity index (χ4n) is 2.07. The average molecular weight is 289 g/mol. The Morgan fingerprint density at radius 1 is 1.43 bits per heavy atom. The van der Waals surface area contributed by atoms with Crippen LogP contribution >= 0.6 is 0 Å². The number of hydrogen-bond donors (Lipinski definition) is 1. The molecule has 3 aromatic rings. The number of aryl methyl sites for hydroxylation is 3. The Hall–Kier alpha value is -2.97. The molecule has 0 aliphatic rings. The van der Waals surface area contributed by atoms with Crippen LogP contribution in [-0.2, 0) is 13.1 Å². The van der Waals surface area contributed by atoms with E-state index in [0.717, 1.165) is 4.68 Å². The maximum Gasteiger partial charge on any atom is 0.357 e. The van der Waals surface area contributed by atoms with Gasteiger partial charge in [0, 0.05) is 12.4 Å². The van der Waals surface area contributed by atoms with Gasteiger partial charge in [-0.15, -0.1) is 0 Å². The van der Waals surface area contributed by atoms with Crippen LogP contribution in [0.15, 0.2) is 27.8 Å². The van der Waals surface area contributed by atoms with E-state index in [4.69, 9.17) is 4.52 Å². The van der Waals surface area contributed by atoms with Crippen molar-refractivity contribution in [2.45, 2.75) is 20.0 Å². The van der Waals surface area contributed by atoms with Gasteiger partial charge in [-0.25, -0.2) is 9.48 Å². The maximum atomic E-state index is 12.2. The van der Waals surface area contributed by atoms with E-state index in [-0.39, 0.29) is 28.9 Å². The highest BCUT2D eigenvalue weighted by atomic mass is 16.5. The van der Waals surface area contributed by atoms with Gasteiger partial charge in [0.2, 0.25) is 0 Å². The number of aromatic nitrogens is 5. The molecule has 0 aliphatic heterocycles. The quantitative estimate of drug-likeness (QED) is 0.733. The third-order valence-corrected chi connectivity index (χ3v) is 3.06. The molecule has 0 spiro atoms. The number of hydrogen-bond acceptors (Lipinski definition) is 6. The van der Waals surface area contributed by atoms with Crippen molar-refractivity contribution in [3.63, 3.8) is 0 Å². The van der Waals surface area contributed by atoms with Crippen LogP contribution in [0, 0.1) is 6.92 Å². The fraction of sp³-hybridized carbons (Fsp3) is 0.250. The minimum absolute atomic E-state index is 0.0274. The van der Waals surface area contributed by atoms with E-state index in [0.29, 0.717) is 6.54 Å². The average Bonchev–Trinajstić information content (AvgIpc) is 3.08. The van der Waals surface area contributed by atoms with Gasteiger partial charge < -0.3 is 9.63 Å². The summed E-state index contributed by atoms with van der Waals surface area (Å²) >= 11 is 0. The van der Waals surface area contributed by atoms with E-state index in [1.54, 1.807) is 23.1 Å². The number of carbonyl (C=O) groups is 1. The Balaban J connectivity index is 2.08. The Kier molecular flexibility index (Phi) is 3.01. The molecule has 1 N–H and O–H groups in total. The molecular formula is C12H11N5O4. The summed E-state index contributed by atoms with van der Waals surface area (Å²) in [4.78, 5) is 23.5. The second-order valence-corrected chi connectivity index (χ2v) is 4.41. The van der Waals surface area contributed by atoms with Crippen LogP contribution in [-0.4, -0.2) is 35.8 Å². The summed E-state index contributed by atoms with van der Waals surface area (Å²) in [5.41, 5.74) is -0.761. The lowest BCUT2D eigenvalue weighted by molar-refractivity contribution is 0.0689. The molecule has 21 heavy (non-hydrogen) atoms. The first-order valence-corrected chi connectivity index (χ1v) is 6.15. The first-order chi connectivity index (χ1) is 10.1. The monoisotopic (exact) mass is 289 g/mol. The van der Waals surface area contributed by atoms with Crippen LogP contribution in [0.1, 0.15) is 16.2 Å². The summed E-state index contributed by atoms with van der Waals surface area (Å²) in [6, 6.07) is 1.75. The Morgan fingerprint density at radius 2 is 2.24 bits per heavy atom. The van der Waals surface area contributed by atoms with Crippen molar-refractivity contribution >= 4 is 16.9 Å². The number of nitrogens with zero attached hydrogens (tertiary/aromatic N) is 5. The van der Waals surface area contributed by atoms with Crippen LogP contribution in [0.2, 0.25) is 0 Å². The first kappa shape index (κ1) is 13.0. The Bertz CT molecular complexity index is 862. The maximum absolute atomic E-state index is 12.2. The summed E-state index contributed by atoms with van der Waals surface area (Å²) in [7, 11) is 0. The number of carboxylic acid groups (broad SMARTS) is 1. The molecule has 108 valence electrons.